The van der Waals surface area contributed by atoms with Crippen molar-refractivity contribution in [1.29, 1.82) is 0 Å². The van der Waals surface area contributed by atoms with Crippen molar-refractivity contribution in [3.05, 3.63) is 40.9 Å². The molecule has 1 rings (SSSR count). The van der Waals surface area contributed by atoms with Crippen molar-refractivity contribution >= 4 is 28.8 Å². The van der Waals surface area contributed by atoms with Crippen LogP contribution in [0.5, 0.6) is 0 Å². The van der Waals surface area contributed by atoms with Gasteiger partial charge in [0, 0.05) is 4.47 Å². The molecule has 0 saturated heterocycles. The van der Waals surface area contributed by atoms with Crippen LogP contribution in [0.2, 0.25) is 0 Å². The molecule has 3 nitrogen and oxygen atoms in total. The molecule has 94 valence electrons. The molecule has 1 aromatic rings. The molecule has 0 saturated carbocycles. The minimum Gasteiger partial charge on any atom is -0.305 e. The third kappa shape index (κ3) is 3.78. The van der Waals surface area contributed by atoms with Gasteiger partial charge in [0.2, 0.25) is 0 Å². The highest BCUT2D eigenvalue weighted by Crippen LogP contribution is 2.59. The summed E-state index contributed by atoms with van der Waals surface area (Å²) in [5.74, 6) is 0. The van der Waals surface area contributed by atoms with Crippen molar-refractivity contribution in [3.8, 4) is 0 Å². The Balaban J connectivity index is 2.99. The van der Waals surface area contributed by atoms with Gasteiger partial charge in [0.05, 0.1) is 18.5 Å². The average Bonchev–Trinajstić information content (AvgIpc) is 2.30. The van der Waals surface area contributed by atoms with Crippen molar-refractivity contribution in [3.63, 3.8) is 0 Å². The molecule has 0 unspecified atom stereocenters. The fourth-order valence-electron chi connectivity index (χ4n) is 1.33. The molecular formula is C12H16BrO3P. The Morgan fingerprint density at radius 3 is 2.12 bits per heavy atom. The fraction of sp³-hybridized carbons (Fsp3) is 0.333. The first-order valence-corrected chi connectivity index (χ1v) is 7.71. The van der Waals surface area contributed by atoms with Gasteiger partial charge in [-0.2, -0.15) is 0 Å². The van der Waals surface area contributed by atoms with Gasteiger partial charge in [0.25, 0.3) is 0 Å². The van der Waals surface area contributed by atoms with Crippen molar-refractivity contribution in [1.82, 2.24) is 0 Å². The van der Waals surface area contributed by atoms with Crippen molar-refractivity contribution in [2.45, 2.75) is 13.8 Å². The summed E-state index contributed by atoms with van der Waals surface area (Å²) in [6.45, 7) is 8.04. The van der Waals surface area contributed by atoms with Crippen LogP contribution in [-0.4, -0.2) is 13.2 Å². The summed E-state index contributed by atoms with van der Waals surface area (Å²) in [5, 5.41) is 0.397. The summed E-state index contributed by atoms with van der Waals surface area (Å²) < 4.78 is 23.9. The molecule has 0 aromatic heterocycles. The molecule has 1 aromatic carbocycles. The lowest BCUT2D eigenvalue weighted by atomic mass is 10.2. The summed E-state index contributed by atoms with van der Waals surface area (Å²) in [6.07, 6.45) is 0. The highest BCUT2D eigenvalue weighted by molar-refractivity contribution is 9.10. The Kier molecular flexibility index (Phi) is 5.60. The van der Waals surface area contributed by atoms with E-state index < -0.39 is 7.60 Å². The molecule has 0 N–H and O–H groups in total. The van der Waals surface area contributed by atoms with Gasteiger partial charge < -0.3 is 9.05 Å². The summed E-state index contributed by atoms with van der Waals surface area (Å²) in [6, 6.07) is 7.39. The normalized spacial score (nSPS) is 11.5. The van der Waals surface area contributed by atoms with E-state index in [2.05, 4.69) is 22.5 Å². The lowest BCUT2D eigenvalue weighted by Gasteiger charge is -2.19. The molecule has 0 spiro atoms. The van der Waals surface area contributed by atoms with Gasteiger partial charge in [-0.05, 0) is 31.5 Å². The third-order valence-corrected chi connectivity index (χ3v) is 4.75. The first kappa shape index (κ1) is 14.7. The van der Waals surface area contributed by atoms with Gasteiger partial charge in [0.1, 0.15) is 0 Å². The fourth-order valence-corrected chi connectivity index (χ4v) is 3.13. The van der Waals surface area contributed by atoms with E-state index in [0.29, 0.717) is 18.5 Å². The van der Waals surface area contributed by atoms with Gasteiger partial charge in [-0.15, -0.1) is 0 Å². The Bertz CT molecular complexity index is 418. The van der Waals surface area contributed by atoms with Crippen molar-refractivity contribution in [2.75, 3.05) is 13.2 Å². The van der Waals surface area contributed by atoms with Crippen LogP contribution in [0.3, 0.4) is 0 Å². The van der Waals surface area contributed by atoms with Crippen LogP contribution in [0.4, 0.5) is 0 Å². The maximum Gasteiger partial charge on any atom is 0.361 e. The van der Waals surface area contributed by atoms with Crippen LogP contribution < -0.4 is 0 Å². The van der Waals surface area contributed by atoms with E-state index >= 15 is 0 Å². The van der Waals surface area contributed by atoms with Crippen molar-refractivity contribution < 1.29 is 13.6 Å². The van der Waals surface area contributed by atoms with E-state index in [4.69, 9.17) is 9.05 Å². The van der Waals surface area contributed by atoms with Crippen LogP contribution in [-0.2, 0) is 13.6 Å². The molecule has 0 aliphatic heterocycles. The highest BCUT2D eigenvalue weighted by atomic mass is 79.9. The van der Waals surface area contributed by atoms with Crippen LogP contribution in [0.25, 0.3) is 5.31 Å². The van der Waals surface area contributed by atoms with Gasteiger partial charge in [-0.3, -0.25) is 4.57 Å². The topological polar surface area (TPSA) is 35.5 Å². The van der Waals surface area contributed by atoms with Crippen molar-refractivity contribution in [2.24, 2.45) is 0 Å². The molecule has 0 atom stereocenters. The third-order valence-electron chi connectivity index (χ3n) is 2.11. The van der Waals surface area contributed by atoms with E-state index in [9.17, 15) is 4.57 Å². The molecule has 0 aliphatic carbocycles. The zero-order chi connectivity index (χ0) is 12.9. The Morgan fingerprint density at radius 1 is 1.24 bits per heavy atom. The molecule has 17 heavy (non-hydrogen) atoms. The molecule has 0 heterocycles. The number of rotatable bonds is 6. The molecule has 0 amide bonds. The van der Waals surface area contributed by atoms with Crippen LogP contribution in [0.1, 0.15) is 19.4 Å². The van der Waals surface area contributed by atoms with Crippen LogP contribution >= 0.6 is 23.5 Å². The minimum absolute atomic E-state index is 0.326. The second-order valence-electron chi connectivity index (χ2n) is 3.29. The monoisotopic (exact) mass is 318 g/mol. The van der Waals surface area contributed by atoms with Gasteiger partial charge >= 0.3 is 7.60 Å². The number of hydrogen-bond donors (Lipinski definition) is 0. The summed E-state index contributed by atoms with van der Waals surface area (Å²) >= 11 is 3.35. The lowest BCUT2D eigenvalue weighted by Crippen LogP contribution is -1.97. The quantitative estimate of drug-likeness (QED) is 0.714. The van der Waals surface area contributed by atoms with E-state index in [0.717, 1.165) is 10.0 Å². The van der Waals surface area contributed by atoms with Gasteiger partial charge in [0.15, 0.2) is 0 Å². The zero-order valence-electron chi connectivity index (χ0n) is 9.98. The van der Waals surface area contributed by atoms with Gasteiger partial charge in [-0.1, -0.05) is 34.6 Å². The minimum atomic E-state index is -3.26. The molecule has 5 heteroatoms. The summed E-state index contributed by atoms with van der Waals surface area (Å²) in [5.41, 5.74) is 0.762. The molecule has 0 bridgehead atoms. The van der Waals surface area contributed by atoms with Crippen LogP contribution in [0, 0.1) is 0 Å². The summed E-state index contributed by atoms with van der Waals surface area (Å²) in [7, 11) is -3.26. The SMILES string of the molecule is C=C(c1ccc(Br)cc1)P(=O)(OCC)OCC. The predicted octanol–water partition coefficient (Wildman–Crippen LogP) is 4.69. The van der Waals surface area contributed by atoms with Gasteiger partial charge in [-0.25, -0.2) is 0 Å². The number of halogens is 1. The van der Waals surface area contributed by atoms with E-state index in [-0.39, 0.29) is 0 Å². The zero-order valence-corrected chi connectivity index (χ0v) is 12.5. The number of hydrogen-bond acceptors (Lipinski definition) is 3. The summed E-state index contributed by atoms with van der Waals surface area (Å²) in [4.78, 5) is 0. The molecule has 0 radical (unpaired) electrons. The Morgan fingerprint density at radius 2 is 1.71 bits per heavy atom. The Hall–Kier alpha value is -0.410. The van der Waals surface area contributed by atoms with E-state index in [1.807, 2.05) is 24.3 Å². The van der Waals surface area contributed by atoms with E-state index in [1.54, 1.807) is 13.8 Å². The largest absolute Gasteiger partial charge is 0.361 e. The first-order valence-electron chi connectivity index (χ1n) is 5.38. The maximum atomic E-state index is 12.4. The van der Waals surface area contributed by atoms with Crippen LogP contribution in [0.15, 0.2) is 35.3 Å². The molecular weight excluding hydrogens is 303 g/mol. The highest BCUT2D eigenvalue weighted by Gasteiger charge is 2.28. The molecule has 0 aliphatic rings. The van der Waals surface area contributed by atoms with E-state index in [1.165, 1.54) is 0 Å². The average molecular weight is 319 g/mol. The second kappa shape index (κ2) is 6.50. The Labute approximate surface area is 110 Å². The smallest absolute Gasteiger partial charge is 0.305 e. The number of benzene rings is 1. The molecule has 0 fully saturated rings. The first-order chi connectivity index (χ1) is 8.03. The second-order valence-corrected chi connectivity index (χ2v) is 6.25. The standard InChI is InChI=1S/C12H16BrO3P/c1-4-15-17(14,16-5-2)10(3)11-6-8-12(13)9-7-11/h6-9H,3-5H2,1-2H3. The maximum absolute atomic E-state index is 12.4. The predicted molar refractivity (Wildman–Crippen MR) is 74.0 cm³/mol. The lowest BCUT2D eigenvalue weighted by molar-refractivity contribution is 0.230.